The summed E-state index contributed by atoms with van der Waals surface area (Å²) in [7, 11) is 1.12. The van der Waals surface area contributed by atoms with Gasteiger partial charge in [0.15, 0.2) is 0 Å². The highest BCUT2D eigenvalue weighted by molar-refractivity contribution is 6.76. The zero-order chi connectivity index (χ0) is 10.7. The Kier molecular flexibility index (Phi) is 4.16. The fourth-order valence-corrected chi connectivity index (χ4v) is 5.45. The second-order valence-corrected chi connectivity index (χ2v) is 11.4. The van der Waals surface area contributed by atoms with E-state index in [9.17, 15) is 0 Å². The van der Waals surface area contributed by atoms with Crippen molar-refractivity contribution in [2.75, 3.05) is 26.8 Å². The van der Waals surface area contributed by atoms with Gasteiger partial charge in [0, 0.05) is 27.8 Å². The van der Waals surface area contributed by atoms with Crippen LogP contribution in [0, 0.1) is 5.41 Å². The molecule has 0 aromatic heterocycles. The molecule has 0 spiro atoms. The van der Waals surface area contributed by atoms with Gasteiger partial charge in [-0.25, -0.2) is 0 Å². The predicted molar refractivity (Wildman–Crippen MR) is 64.6 cm³/mol. The zero-order valence-corrected chi connectivity index (χ0v) is 11.2. The summed E-state index contributed by atoms with van der Waals surface area (Å²) >= 11 is 0. The molecule has 0 saturated carbocycles. The van der Waals surface area contributed by atoms with Crippen molar-refractivity contribution in [3.8, 4) is 0 Å². The summed E-state index contributed by atoms with van der Waals surface area (Å²) in [5.41, 5.74) is 0.539. The van der Waals surface area contributed by atoms with Crippen molar-refractivity contribution in [3.63, 3.8) is 0 Å². The van der Waals surface area contributed by atoms with Crippen molar-refractivity contribution in [1.29, 1.82) is 0 Å². The molecule has 3 heteroatoms. The van der Waals surface area contributed by atoms with E-state index in [1.807, 2.05) is 0 Å². The van der Waals surface area contributed by atoms with E-state index in [0.717, 1.165) is 13.2 Å². The monoisotopic (exact) mass is 215 g/mol. The van der Waals surface area contributed by atoms with Crippen LogP contribution in [0.2, 0.25) is 25.7 Å². The molecule has 0 aliphatic carbocycles. The van der Waals surface area contributed by atoms with E-state index in [-0.39, 0.29) is 0 Å². The Hall–Kier alpha value is 0.137. The third-order valence-corrected chi connectivity index (χ3v) is 4.82. The molecule has 84 valence electrons. The third-order valence-electron chi connectivity index (χ3n) is 3.01. The first-order valence-corrected chi connectivity index (χ1v) is 9.41. The Bertz CT molecular complexity index is 165. The maximum atomic E-state index is 5.47. The van der Waals surface area contributed by atoms with Crippen LogP contribution in [-0.2, 0) is 4.74 Å². The van der Waals surface area contributed by atoms with Gasteiger partial charge < -0.3 is 10.1 Å². The summed E-state index contributed by atoms with van der Waals surface area (Å²) in [6, 6.07) is 1.43. The predicted octanol–water partition coefficient (Wildman–Crippen LogP) is 2.34. The van der Waals surface area contributed by atoms with Crippen molar-refractivity contribution in [2.45, 2.75) is 38.5 Å². The van der Waals surface area contributed by atoms with E-state index in [1.165, 1.54) is 25.4 Å². The maximum absolute atomic E-state index is 5.47. The van der Waals surface area contributed by atoms with Gasteiger partial charge in [0.25, 0.3) is 0 Å². The number of ether oxygens (including phenoxy) is 1. The third kappa shape index (κ3) is 3.71. The minimum atomic E-state index is -0.950. The van der Waals surface area contributed by atoms with E-state index >= 15 is 0 Å². The van der Waals surface area contributed by atoms with E-state index in [2.05, 4.69) is 32.0 Å². The Morgan fingerprint density at radius 1 is 1.21 bits per heavy atom. The molecule has 1 heterocycles. The standard InChI is InChI=1S/C11H25NOSi/c1-12-9-11(10-14(2,3)4)5-7-13-8-6-11/h12H,5-10H2,1-4H3. The molecule has 0 amide bonds. The number of hydrogen-bond acceptors (Lipinski definition) is 2. The first-order chi connectivity index (χ1) is 6.47. The summed E-state index contributed by atoms with van der Waals surface area (Å²) in [5.74, 6) is 0. The summed E-state index contributed by atoms with van der Waals surface area (Å²) in [4.78, 5) is 0. The molecular weight excluding hydrogens is 190 g/mol. The molecule has 1 saturated heterocycles. The fraction of sp³-hybridized carbons (Fsp3) is 1.00. The average Bonchev–Trinajstić information content (AvgIpc) is 2.02. The van der Waals surface area contributed by atoms with Crippen LogP contribution in [0.15, 0.2) is 0 Å². The lowest BCUT2D eigenvalue weighted by Gasteiger charge is -2.41. The second-order valence-electron chi connectivity index (χ2n) is 5.88. The van der Waals surface area contributed by atoms with Crippen LogP contribution >= 0.6 is 0 Å². The van der Waals surface area contributed by atoms with Gasteiger partial charge >= 0.3 is 0 Å². The normalized spacial score (nSPS) is 22.3. The van der Waals surface area contributed by atoms with E-state index in [4.69, 9.17) is 4.74 Å². The first-order valence-electron chi connectivity index (χ1n) is 5.70. The molecule has 14 heavy (non-hydrogen) atoms. The smallest absolute Gasteiger partial charge is 0.0471 e. The molecule has 0 aromatic rings. The van der Waals surface area contributed by atoms with E-state index < -0.39 is 8.07 Å². The fourth-order valence-electron chi connectivity index (χ4n) is 2.72. The van der Waals surface area contributed by atoms with Gasteiger partial charge in [0.2, 0.25) is 0 Å². The number of rotatable bonds is 4. The molecule has 1 fully saturated rings. The van der Waals surface area contributed by atoms with Gasteiger partial charge in [-0.3, -0.25) is 0 Å². The minimum Gasteiger partial charge on any atom is -0.381 e. The molecule has 0 atom stereocenters. The molecule has 1 rings (SSSR count). The topological polar surface area (TPSA) is 21.3 Å². The Balaban J connectivity index is 2.60. The lowest BCUT2D eigenvalue weighted by Crippen LogP contribution is -2.43. The maximum Gasteiger partial charge on any atom is 0.0471 e. The van der Waals surface area contributed by atoms with Crippen LogP contribution in [-0.4, -0.2) is 34.9 Å². The summed E-state index contributed by atoms with van der Waals surface area (Å²) in [6.45, 7) is 10.5. The molecule has 0 aromatic carbocycles. The van der Waals surface area contributed by atoms with Gasteiger partial charge in [-0.15, -0.1) is 0 Å². The Morgan fingerprint density at radius 3 is 2.21 bits per heavy atom. The van der Waals surface area contributed by atoms with Gasteiger partial charge in [0.05, 0.1) is 0 Å². The van der Waals surface area contributed by atoms with Crippen LogP contribution in [0.3, 0.4) is 0 Å². The van der Waals surface area contributed by atoms with Gasteiger partial charge in [0.1, 0.15) is 0 Å². The summed E-state index contributed by atoms with van der Waals surface area (Å²) in [5, 5.41) is 3.37. The highest BCUT2D eigenvalue weighted by Gasteiger charge is 2.36. The SMILES string of the molecule is CNCC1(C[Si](C)(C)C)CCOCC1. The number of hydrogen-bond donors (Lipinski definition) is 1. The van der Waals surface area contributed by atoms with Gasteiger partial charge in [-0.1, -0.05) is 25.7 Å². The van der Waals surface area contributed by atoms with Crippen LogP contribution in [0.1, 0.15) is 12.8 Å². The highest BCUT2D eigenvalue weighted by atomic mass is 28.3. The van der Waals surface area contributed by atoms with Crippen molar-refractivity contribution < 1.29 is 4.74 Å². The highest BCUT2D eigenvalue weighted by Crippen LogP contribution is 2.38. The molecular formula is C11H25NOSi. The van der Waals surface area contributed by atoms with Crippen molar-refractivity contribution in [2.24, 2.45) is 5.41 Å². The summed E-state index contributed by atoms with van der Waals surface area (Å²) < 4.78 is 5.47. The lowest BCUT2D eigenvalue weighted by molar-refractivity contribution is 0.0244. The molecule has 1 aliphatic rings. The van der Waals surface area contributed by atoms with E-state index in [0.29, 0.717) is 5.41 Å². The Labute approximate surface area is 89.4 Å². The van der Waals surface area contributed by atoms with Crippen molar-refractivity contribution in [3.05, 3.63) is 0 Å². The molecule has 0 bridgehead atoms. The molecule has 1 aliphatic heterocycles. The first kappa shape index (κ1) is 12.2. The van der Waals surface area contributed by atoms with Crippen LogP contribution in [0.4, 0.5) is 0 Å². The molecule has 1 N–H and O–H groups in total. The number of nitrogens with one attached hydrogen (secondary N) is 1. The van der Waals surface area contributed by atoms with Crippen LogP contribution < -0.4 is 5.32 Å². The van der Waals surface area contributed by atoms with Gasteiger partial charge in [-0.05, 0) is 25.3 Å². The lowest BCUT2D eigenvalue weighted by atomic mass is 9.82. The largest absolute Gasteiger partial charge is 0.381 e. The molecule has 2 nitrogen and oxygen atoms in total. The van der Waals surface area contributed by atoms with Crippen LogP contribution in [0.25, 0.3) is 0 Å². The Morgan fingerprint density at radius 2 is 1.79 bits per heavy atom. The second kappa shape index (κ2) is 4.77. The van der Waals surface area contributed by atoms with Crippen molar-refractivity contribution >= 4 is 8.07 Å². The minimum absolute atomic E-state index is 0.539. The molecule has 0 unspecified atom stereocenters. The zero-order valence-electron chi connectivity index (χ0n) is 10.2. The van der Waals surface area contributed by atoms with E-state index in [1.54, 1.807) is 0 Å². The van der Waals surface area contributed by atoms with Crippen molar-refractivity contribution in [1.82, 2.24) is 5.32 Å². The van der Waals surface area contributed by atoms with Crippen LogP contribution in [0.5, 0.6) is 0 Å². The summed E-state index contributed by atoms with van der Waals surface area (Å²) in [6.07, 6.45) is 2.50. The quantitative estimate of drug-likeness (QED) is 0.727. The van der Waals surface area contributed by atoms with Gasteiger partial charge in [-0.2, -0.15) is 0 Å². The average molecular weight is 215 g/mol. The molecule has 0 radical (unpaired) electrons.